The van der Waals surface area contributed by atoms with E-state index < -0.39 is 0 Å². The molecule has 1 saturated heterocycles. The second-order valence-electron chi connectivity index (χ2n) is 5.34. The largest absolute Gasteiger partial charge is 0.475 e. The van der Waals surface area contributed by atoms with Crippen molar-refractivity contribution in [2.24, 2.45) is 0 Å². The van der Waals surface area contributed by atoms with E-state index in [0.29, 0.717) is 18.5 Å². The van der Waals surface area contributed by atoms with Gasteiger partial charge in [-0.3, -0.25) is 0 Å². The molecule has 0 bridgehead atoms. The summed E-state index contributed by atoms with van der Waals surface area (Å²) in [6, 6.07) is 4.47. The summed E-state index contributed by atoms with van der Waals surface area (Å²) in [6.07, 6.45) is 5.61. The van der Waals surface area contributed by atoms with Crippen LogP contribution in [0, 0.1) is 0 Å². The molecular weight excluding hydrogens is 240 g/mol. The summed E-state index contributed by atoms with van der Waals surface area (Å²) in [4.78, 5) is 4.32. The van der Waals surface area contributed by atoms with Crippen LogP contribution in [0.5, 0.6) is 5.88 Å². The first-order valence-electron chi connectivity index (χ1n) is 7.17. The Kier molecular flexibility index (Phi) is 5.61. The van der Waals surface area contributed by atoms with E-state index in [4.69, 9.17) is 9.47 Å². The fourth-order valence-electron chi connectivity index (χ4n) is 2.04. The van der Waals surface area contributed by atoms with Gasteiger partial charge in [0.15, 0.2) is 0 Å². The van der Waals surface area contributed by atoms with Gasteiger partial charge in [0.2, 0.25) is 5.88 Å². The monoisotopic (exact) mass is 264 g/mol. The third kappa shape index (κ3) is 5.17. The van der Waals surface area contributed by atoms with Crippen LogP contribution in [0.3, 0.4) is 0 Å². The number of hydrogen-bond acceptors (Lipinski definition) is 4. The molecule has 0 radical (unpaired) electrons. The summed E-state index contributed by atoms with van der Waals surface area (Å²) in [5.41, 5.74) is 1.18. The van der Waals surface area contributed by atoms with Crippen molar-refractivity contribution in [1.82, 2.24) is 10.3 Å². The topological polar surface area (TPSA) is 43.4 Å². The van der Waals surface area contributed by atoms with Crippen molar-refractivity contribution in [3.05, 3.63) is 23.9 Å². The third-order valence-electron chi connectivity index (χ3n) is 3.20. The number of hydrogen-bond donors (Lipinski definition) is 1. The molecule has 1 aliphatic heterocycles. The van der Waals surface area contributed by atoms with E-state index in [1.807, 2.05) is 12.3 Å². The summed E-state index contributed by atoms with van der Waals surface area (Å²) < 4.78 is 11.3. The Morgan fingerprint density at radius 1 is 1.42 bits per heavy atom. The molecule has 0 saturated carbocycles. The number of ether oxygens (including phenoxy) is 2. The minimum Gasteiger partial charge on any atom is -0.475 e. The molecule has 1 fully saturated rings. The van der Waals surface area contributed by atoms with Gasteiger partial charge in [0, 0.05) is 31.5 Å². The van der Waals surface area contributed by atoms with E-state index in [1.165, 1.54) is 18.4 Å². The smallest absolute Gasteiger partial charge is 0.213 e. The molecule has 19 heavy (non-hydrogen) atoms. The number of nitrogens with zero attached hydrogens (tertiary/aromatic N) is 1. The molecule has 106 valence electrons. The Morgan fingerprint density at radius 3 is 2.95 bits per heavy atom. The van der Waals surface area contributed by atoms with Crippen LogP contribution in [0.25, 0.3) is 0 Å². The summed E-state index contributed by atoms with van der Waals surface area (Å²) in [7, 11) is 0. The zero-order valence-electron chi connectivity index (χ0n) is 11.9. The number of nitrogens with one attached hydrogen (secondary N) is 1. The van der Waals surface area contributed by atoms with Gasteiger partial charge in [0.1, 0.15) is 6.61 Å². The van der Waals surface area contributed by atoms with Crippen LogP contribution < -0.4 is 10.1 Å². The van der Waals surface area contributed by atoms with Gasteiger partial charge in [-0.2, -0.15) is 0 Å². The van der Waals surface area contributed by atoms with Gasteiger partial charge in [-0.15, -0.1) is 0 Å². The predicted molar refractivity (Wildman–Crippen MR) is 75.3 cm³/mol. The first-order valence-corrected chi connectivity index (χ1v) is 7.17. The molecule has 2 rings (SSSR count). The second-order valence-corrected chi connectivity index (χ2v) is 5.34. The predicted octanol–water partition coefficient (Wildman–Crippen LogP) is 2.53. The summed E-state index contributed by atoms with van der Waals surface area (Å²) >= 11 is 0. The van der Waals surface area contributed by atoms with E-state index in [0.717, 1.165) is 19.6 Å². The molecule has 4 heteroatoms. The van der Waals surface area contributed by atoms with Crippen LogP contribution in [-0.4, -0.2) is 30.3 Å². The van der Waals surface area contributed by atoms with Gasteiger partial charge in [0.05, 0.1) is 6.10 Å². The summed E-state index contributed by atoms with van der Waals surface area (Å²) in [5, 5.41) is 3.36. The quantitative estimate of drug-likeness (QED) is 0.857. The van der Waals surface area contributed by atoms with Gasteiger partial charge >= 0.3 is 0 Å². The molecule has 1 unspecified atom stereocenters. The Morgan fingerprint density at radius 2 is 2.32 bits per heavy atom. The normalized spacial score (nSPS) is 19.6. The Hall–Kier alpha value is -1.13. The van der Waals surface area contributed by atoms with E-state index in [9.17, 15) is 0 Å². The fourth-order valence-corrected chi connectivity index (χ4v) is 2.04. The molecular formula is C15H24N2O2. The van der Waals surface area contributed by atoms with Crippen LogP contribution in [-0.2, 0) is 11.3 Å². The Bertz CT molecular complexity index is 359. The molecule has 0 spiro atoms. The molecule has 0 amide bonds. The molecule has 1 atom stereocenters. The van der Waals surface area contributed by atoms with Crippen LogP contribution in [0.4, 0.5) is 0 Å². The summed E-state index contributed by atoms with van der Waals surface area (Å²) in [5.74, 6) is 0.683. The lowest BCUT2D eigenvalue weighted by Gasteiger charge is -2.22. The van der Waals surface area contributed by atoms with Crippen molar-refractivity contribution in [2.45, 2.75) is 51.8 Å². The average Bonchev–Trinajstić information content (AvgIpc) is 2.45. The average molecular weight is 264 g/mol. The third-order valence-corrected chi connectivity index (χ3v) is 3.20. The van der Waals surface area contributed by atoms with Crippen LogP contribution in [0.15, 0.2) is 18.3 Å². The van der Waals surface area contributed by atoms with Crippen LogP contribution in [0.1, 0.15) is 38.7 Å². The van der Waals surface area contributed by atoms with E-state index in [1.54, 1.807) is 0 Å². The van der Waals surface area contributed by atoms with Crippen molar-refractivity contribution < 1.29 is 9.47 Å². The van der Waals surface area contributed by atoms with E-state index in [2.05, 4.69) is 30.2 Å². The highest BCUT2D eigenvalue weighted by Crippen LogP contribution is 2.14. The first kappa shape index (κ1) is 14.3. The molecule has 0 aliphatic carbocycles. The number of rotatable bonds is 6. The van der Waals surface area contributed by atoms with Gasteiger partial charge in [0.25, 0.3) is 0 Å². The van der Waals surface area contributed by atoms with E-state index >= 15 is 0 Å². The maximum atomic E-state index is 5.67. The van der Waals surface area contributed by atoms with Crippen molar-refractivity contribution in [3.63, 3.8) is 0 Å². The van der Waals surface area contributed by atoms with Crippen molar-refractivity contribution >= 4 is 0 Å². The van der Waals surface area contributed by atoms with Crippen molar-refractivity contribution in [3.8, 4) is 5.88 Å². The Balaban J connectivity index is 1.74. The SMILES string of the molecule is CC(C)NCc1ccc(OCC2CCCCO2)nc1. The zero-order valence-corrected chi connectivity index (χ0v) is 11.9. The molecule has 0 aromatic carbocycles. The molecule has 1 aromatic rings. The van der Waals surface area contributed by atoms with E-state index in [-0.39, 0.29) is 6.10 Å². The fraction of sp³-hybridized carbons (Fsp3) is 0.667. The lowest BCUT2D eigenvalue weighted by molar-refractivity contribution is -0.0119. The number of pyridine rings is 1. The minimum atomic E-state index is 0.234. The Labute approximate surface area is 115 Å². The minimum absolute atomic E-state index is 0.234. The number of aromatic nitrogens is 1. The maximum absolute atomic E-state index is 5.67. The van der Waals surface area contributed by atoms with Gasteiger partial charge in [-0.05, 0) is 24.8 Å². The molecule has 1 aromatic heterocycles. The molecule has 2 heterocycles. The zero-order chi connectivity index (χ0) is 13.5. The van der Waals surface area contributed by atoms with Gasteiger partial charge < -0.3 is 14.8 Å². The highest BCUT2D eigenvalue weighted by Gasteiger charge is 2.14. The highest BCUT2D eigenvalue weighted by atomic mass is 16.5. The van der Waals surface area contributed by atoms with Crippen molar-refractivity contribution in [1.29, 1.82) is 0 Å². The molecule has 1 aliphatic rings. The van der Waals surface area contributed by atoms with Crippen LogP contribution >= 0.6 is 0 Å². The van der Waals surface area contributed by atoms with Crippen LogP contribution in [0.2, 0.25) is 0 Å². The standard InChI is InChI=1S/C15H24N2O2/c1-12(2)16-9-13-6-7-15(17-10-13)19-11-14-5-3-4-8-18-14/h6-7,10,12,14,16H,3-5,8-9,11H2,1-2H3. The summed E-state index contributed by atoms with van der Waals surface area (Å²) in [6.45, 7) is 6.58. The van der Waals surface area contributed by atoms with Gasteiger partial charge in [-0.25, -0.2) is 4.98 Å². The first-order chi connectivity index (χ1) is 9.24. The lowest BCUT2D eigenvalue weighted by Crippen LogP contribution is -2.26. The van der Waals surface area contributed by atoms with Gasteiger partial charge in [-0.1, -0.05) is 19.9 Å². The molecule has 4 nitrogen and oxygen atoms in total. The lowest BCUT2D eigenvalue weighted by atomic mass is 10.1. The second kappa shape index (κ2) is 7.46. The molecule has 1 N–H and O–H groups in total. The highest BCUT2D eigenvalue weighted by molar-refractivity contribution is 5.17. The van der Waals surface area contributed by atoms with Crippen molar-refractivity contribution in [2.75, 3.05) is 13.2 Å². The maximum Gasteiger partial charge on any atom is 0.213 e.